The summed E-state index contributed by atoms with van der Waals surface area (Å²) in [7, 11) is -0.0947. The summed E-state index contributed by atoms with van der Waals surface area (Å²) in [4.78, 5) is 14.2. The van der Waals surface area contributed by atoms with Crippen molar-refractivity contribution in [2.45, 2.75) is 25.3 Å². The molecular weight excluding hydrogens is 278 g/mol. The van der Waals surface area contributed by atoms with Crippen molar-refractivity contribution < 1.29 is 8.42 Å². The van der Waals surface area contributed by atoms with E-state index in [1.807, 2.05) is 6.07 Å². The number of H-pyrrole nitrogens is 1. The van der Waals surface area contributed by atoms with Crippen LogP contribution >= 0.6 is 0 Å². The highest BCUT2D eigenvalue weighted by atomic mass is 32.2. The molecule has 0 radical (unpaired) electrons. The van der Waals surface area contributed by atoms with Crippen LogP contribution in [0.5, 0.6) is 0 Å². The van der Waals surface area contributed by atoms with Gasteiger partial charge in [-0.25, -0.2) is 12.7 Å². The van der Waals surface area contributed by atoms with E-state index in [9.17, 15) is 13.2 Å². The maximum atomic E-state index is 11.7. The molecule has 2 N–H and O–H groups in total. The number of nitrogens with one attached hydrogen (secondary N) is 2. The summed E-state index contributed by atoms with van der Waals surface area (Å²) < 4.78 is 24.6. The summed E-state index contributed by atoms with van der Waals surface area (Å²) in [5.74, 6) is 0.0786. The Bertz CT molecular complexity index is 622. The lowest BCUT2D eigenvalue weighted by Crippen LogP contribution is -2.34. The Kier molecular flexibility index (Phi) is 4.62. The normalized spacial score (nSPS) is 19.1. The lowest BCUT2D eigenvalue weighted by molar-refractivity contribution is 0.460. The van der Waals surface area contributed by atoms with E-state index in [-0.39, 0.29) is 17.4 Å². The third kappa shape index (κ3) is 3.47. The zero-order valence-corrected chi connectivity index (χ0v) is 12.7. The third-order valence-corrected chi connectivity index (χ3v) is 5.47. The van der Waals surface area contributed by atoms with Crippen molar-refractivity contribution >= 4 is 10.0 Å². The summed E-state index contributed by atoms with van der Waals surface area (Å²) in [6.45, 7) is 0.406. The largest absolute Gasteiger partial charge is 0.326 e. The van der Waals surface area contributed by atoms with Gasteiger partial charge in [0.15, 0.2) is 0 Å². The van der Waals surface area contributed by atoms with Crippen molar-refractivity contribution in [2.75, 3.05) is 26.4 Å². The molecule has 6 nitrogen and oxygen atoms in total. The van der Waals surface area contributed by atoms with E-state index < -0.39 is 10.0 Å². The summed E-state index contributed by atoms with van der Waals surface area (Å²) in [6, 6.07) is 3.48. The topological polar surface area (TPSA) is 82.3 Å². The number of sulfonamides is 1. The lowest BCUT2D eigenvalue weighted by atomic mass is 9.91. The summed E-state index contributed by atoms with van der Waals surface area (Å²) in [5.41, 5.74) is 1.97. The maximum absolute atomic E-state index is 11.7. The van der Waals surface area contributed by atoms with Gasteiger partial charge in [0.05, 0.1) is 5.75 Å². The molecule has 1 heterocycles. The standard InChI is InChI=1S/C13H21N3O3S/c1-16(2)20(18,19)9-8-14-11-4-3-5-12-10(11)6-7-13(17)15-12/h6-7,11,14H,3-5,8-9H2,1-2H3,(H,15,17). The Morgan fingerprint density at radius 1 is 1.40 bits per heavy atom. The monoisotopic (exact) mass is 299 g/mol. The molecule has 1 aliphatic carbocycles. The molecule has 1 atom stereocenters. The zero-order valence-electron chi connectivity index (χ0n) is 11.8. The minimum absolute atomic E-state index is 0.0786. The van der Waals surface area contributed by atoms with Crippen LogP contribution in [0, 0.1) is 0 Å². The first-order valence-corrected chi connectivity index (χ1v) is 8.37. The van der Waals surface area contributed by atoms with Gasteiger partial charge in [0.25, 0.3) is 0 Å². The van der Waals surface area contributed by atoms with Crippen LogP contribution in [0.2, 0.25) is 0 Å². The van der Waals surface area contributed by atoms with Gasteiger partial charge in [0.1, 0.15) is 0 Å². The Balaban J connectivity index is 2.01. The predicted molar refractivity (Wildman–Crippen MR) is 78.2 cm³/mol. The van der Waals surface area contributed by atoms with Gasteiger partial charge < -0.3 is 10.3 Å². The molecular formula is C13H21N3O3S. The fourth-order valence-corrected chi connectivity index (χ4v) is 3.20. The Labute approximate surface area is 119 Å². The minimum atomic E-state index is -3.17. The number of rotatable bonds is 5. The fraction of sp³-hybridized carbons (Fsp3) is 0.615. The van der Waals surface area contributed by atoms with Gasteiger partial charge in [-0.2, -0.15) is 0 Å². The molecule has 112 valence electrons. The molecule has 1 aromatic heterocycles. The number of aromatic amines is 1. The Morgan fingerprint density at radius 3 is 2.85 bits per heavy atom. The van der Waals surface area contributed by atoms with E-state index in [2.05, 4.69) is 10.3 Å². The number of aryl methyl sites for hydroxylation is 1. The van der Waals surface area contributed by atoms with Gasteiger partial charge in [-0.1, -0.05) is 6.07 Å². The molecule has 1 aromatic rings. The smallest absolute Gasteiger partial charge is 0.248 e. The number of hydrogen-bond acceptors (Lipinski definition) is 4. The third-order valence-electron chi connectivity index (χ3n) is 3.64. The first-order chi connectivity index (χ1) is 9.40. The van der Waals surface area contributed by atoms with Gasteiger partial charge in [-0.15, -0.1) is 0 Å². The van der Waals surface area contributed by atoms with Crippen molar-refractivity contribution in [1.29, 1.82) is 0 Å². The summed E-state index contributed by atoms with van der Waals surface area (Å²) >= 11 is 0. The van der Waals surface area contributed by atoms with Crippen LogP contribution in [0.25, 0.3) is 0 Å². The molecule has 2 rings (SSSR count). The Morgan fingerprint density at radius 2 is 2.15 bits per heavy atom. The summed E-state index contributed by atoms with van der Waals surface area (Å²) in [6.07, 6.45) is 2.83. The SMILES string of the molecule is CN(C)S(=O)(=O)CCNC1CCCc2[nH]c(=O)ccc21. The van der Waals surface area contributed by atoms with Gasteiger partial charge in [0, 0.05) is 38.4 Å². The molecule has 0 aliphatic heterocycles. The second-order valence-corrected chi connectivity index (χ2v) is 7.56. The van der Waals surface area contributed by atoms with E-state index in [1.165, 1.54) is 24.5 Å². The quantitative estimate of drug-likeness (QED) is 0.815. The van der Waals surface area contributed by atoms with Crippen molar-refractivity contribution in [2.24, 2.45) is 0 Å². The second-order valence-electron chi connectivity index (χ2n) is 5.25. The minimum Gasteiger partial charge on any atom is -0.326 e. The highest BCUT2D eigenvalue weighted by Crippen LogP contribution is 2.27. The molecule has 0 saturated carbocycles. The molecule has 20 heavy (non-hydrogen) atoms. The number of nitrogens with zero attached hydrogens (tertiary/aromatic N) is 1. The molecule has 0 amide bonds. The van der Waals surface area contributed by atoms with E-state index >= 15 is 0 Å². The molecule has 1 unspecified atom stereocenters. The van der Waals surface area contributed by atoms with E-state index in [0.717, 1.165) is 30.5 Å². The average Bonchev–Trinajstić information content (AvgIpc) is 2.38. The molecule has 0 spiro atoms. The van der Waals surface area contributed by atoms with Crippen molar-refractivity contribution in [1.82, 2.24) is 14.6 Å². The molecule has 0 bridgehead atoms. The van der Waals surface area contributed by atoms with E-state index in [0.29, 0.717) is 6.54 Å². The zero-order chi connectivity index (χ0) is 14.8. The van der Waals surface area contributed by atoms with Crippen molar-refractivity contribution in [3.05, 3.63) is 33.7 Å². The van der Waals surface area contributed by atoms with E-state index in [1.54, 1.807) is 0 Å². The van der Waals surface area contributed by atoms with Crippen molar-refractivity contribution in [3.8, 4) is 0 Å². The number of pyridine rings is 1. The summed E-state index contributed by atoms with van der Waals surface area (Å²) in [5, 5.41) is 3.28. The highest BCUT2D eigenvalue weighted by molar-refractivity contribution is 7.89. The predicted octanol–water partition coefficient (Wildman–Crippen LogP) is 0.233. The highest BCUT2D eigenvalue weighted by Gasteiger charge is 2.21. The number of hydrogen-bond donors (Lipinski definition) is 2. The lowest BCUT2D eigenvalue weighted by Gasteiger charge is -2.26. The second kappa shape index (κ2) is 6.07. The molecule has 1 aliphatic rings. The van der Waals surface area contributed by atoms with Crippen LogP contribution in [-0.4, -0.2) is 44.1 Å². The first kappa shape index (κ1) is 15.2. The van der Waals surface area contributed by atoms with Crippen LogP contribution in [0.15, 0.2) is 16.9 Å². The van der Waals surface area contributed by atoms with Crippen LogP contribution in [-0.2, 0) is 16.4 Å². The van der Waals surface area contributed by atoms with E-state index in [4.69, 9.17) is 0 Å². The van der Waals surface area contributed by atoms with Gasteiger partial charge in [0.2, 0.25) is 15.6 Å². The molecule has 0 aromatic carbocycles. The van der Waals surface area contributed by atoms with Gasteiger partial charge in [-0.3, -0.25) is 4.79 Å². The van der Waals surface area contributed by atoms with Crippen LogP contribution in [0.4, 0.5) is 0 Å². The van der Waals surface area contributed by atoms with Crippen LogP contribution in [0.1, 0.15) is 30.1 Å². The number of fused-ring (bicyclic) bond motifs is 1. The van der Waals surface area contributed by atoms with Gasteiger partial charge >= 0.3 is 0 Å². The van der Waals surface area contributed by atoms with Crippen LogP contribution < -0.4 is 10.9 Å². The number of aromatic nitrogens is 1. The maximum Gasteiger partial charge on any atom is 0.248 e. The fourth-order valence-electron chi connectivity index (χ4n) is 2.46. The van der Waals surface area contributed by atoms with Crippen molar-refractivity contribution in [3.63, 3.8) is 0 Å². The molecule has 0 saturated heterocycles. The van der Waals surface area contributed by atoms with Gasteiger partial charge in [-0.05, 0) is 24.8 Å². The van der Waals surface area contributed by atoms with Crippen LogP contribution in [0.3, 0.4) is 0 Å². The Hall–Kier alpha value is -1.18. The molecule has 0 fully saturated rings. The first-order valence-electron chi connectivity index (χ1n) is 6.76. The molecule has 7 heteroatoms. The average molecular weight is 299 g/mol.